The van der Waals surface area contributed by atoms with Gasteiger partial charge in [-0.3, -0.25) is 14.1 Å². The van der Waals surface area contributed by atoms with Gasteiger partial charge in [0.2, 0.25) is 0 Å². The van der Waals surface area contributed by atoms with Gasteiger partial charge < -0.3 is 4.90 Å². The van der Waals surface area contributed by atoms with Gasteiger partial charge in [-0.05, 0) is 18.2 Å². The number of nitrogens with zero attached hydrogens (tertiary/aromatic N) is 5. The zero-order chi connectivity index (χ0) is 18.1. The van der Waals surface area contributed by atoms with Crippen molar-refractivity contribution in [1.29, 1.82) is 5.26 Å². The smallest absolute Gasteiger partial charge is 0.258 e. The number of piperazine rings is 1. The molecule has 1 aliphatic rings. The second-order valence-corrected chi connectivity index (χ2v) is 7.06. The zero-order valence-electron chi connectivity index (χ0n) is 13.9. The molecule has 2 aromatic heterocycles. The highest BCUT2D eigenvalue weighted by Crippen LogP contribution is 2.22. The van der Waals surface area contributed by atoms with Crippen molar-refractivity contribution in [3.8, 4) is 6.07 Å². The molecule has 0 unspecified atom stereocenters. The molecule has 1 aliphatic heterocycles. The third kappa shape index (κ3) is 3.19. The van der Waals surface area contributed by atoms with Gasteiger partial charge in [0, 0.05) is 50.4 Å². The number of rotatable bonds is 3. The van der Waals surface area contributed by atoms with Crippen LogP contribution in [-0.2, 0) is 6.54 Å². The first kappa shape index (κ1) is 16.7. The SMILES string of the molecule is N#Cc1ccc(N2CCN(Cc3cc(=O)n4ccsc4n3)CC2)c(F)c1. The molecule has 0 aliphatic carbocycles. The number of benzene rings is 1. The minimum absolute atomic E-state index is 0.0652. The van der Waals surface area contributed by atoms with Crippen LogP contribution in [-0.4, -0.2) is 40.5 Å². The Kier molecular flexibility index (Phi) is 4.41. The van der Waals surface area contributed by atoms with Gasteiger partial charge in [0.05, 0.1) is 23.0 Å². The minimum Gasteiger partial charge on any atom is -0.367 e. The number of thiazole rings is 1. The van der Waals surface area contributed by atoms with Gasteiger partial charge in [0.25, 0.3) is 5.56 Å². The van der Waals surface area contributed by atoms with Crippen molar-refractivity contribution in [2.45, 2.75) is 6.54 Å². The quantitative estimate of drug-likeness (QED) is 0.707. The lowest BCUT2D eigenvalue weighted by Gasteiger charge is -2.36. The minimum atomic E-state index is -0.365. The van der Waals surface area contributed by atoms with Gasteiger partial charge in [-0.1, -0.05) is 0 Å². The fourth-order valence-corrected chi connectivity index (χ4v) is 3.92. The summed E-state index contributed by atoms with van der Waals surface area (Å²) in [6.07, 6.45) is 1.73. The van der Waals surface area contributed by atoms with Crippen molar-refractivity contribution in [3.05, 3.63) is 63.3 Å². The first-order valence-electron chi connectivity index (χ1n) is 8.27. The van der Waals surface area contributed by atoms with Crippen molar-refractivity contribution >= 4 is 22.0 Å². The molecular weight excluding hydrogens is 353 g/mol. The van der Waals surface area contributed by atoms with E-state index in [2.05, 4.69) is 9.88 Å². The van der Waals surface area contributed by atoms with Crippen LogP contribution in [0.25, 0.3) is 4.96 Å². The van der Waals surface area contributed by atoms with Gasteiger partial charge in [-0.2, -0.15) is 5.26 Å². The van der Waals surface area contributed by atoms with E-state index in [1.54, 1.807) is 28.8 Å². The van der Waals surface area contributed by atoms with Crippen LogP contribution in [0.1, 0.15) is 11.3 Å². The van der Waals surface area contributed by atoms with Crippen molar-refractivity contribution in [1.82, 2.24) is 14.3 Å². The molecule has 3 aromatic rings. The lowest BCUT2D eigenvalue weighted by atomic mass is 10.2. The summed E-state index contributed by atoms with van der Waals surface area (Å²) in [5.41, 5.74) is 1.55. The molecule has 0 spiro atoms. The fourth-order valence-electron chi connectivity index (χ4n) is 3.18. The highest BCUT2D eigenvalue weighted by molar-refractivity contribution is 7.15. The Morgan fingerprint density at radius 1 is 1.23 bits per heavy atom. The van der Waals surface area contributed by atoms with Gasteiger partial charge >= 0.3 is 0 Å². The van der Waals surface area contributed by atoms with E-state index in [0.717, 1.165) is 18.8 Å². The van der Waals surface area contributed by atoms with E-state index in [9.17, 15) is 9.18 Å². The monoisotopic (exact) mass is 369 g/mol. The van der Waals surface area contributed by atoms with Crippen LogP contribution in [0.2, 0.25) is 0 Å². The molecule has 0 bridgehead atoms. The van der Waals surface area contributed by atoms with Crippen LogP contribution in [0.4, 0.5) is 10.1 Å². The predicted octanol–water partition coefficient (Wildman–Crippen LogP) is 2.09. The second-order valence-electron chi connectivity index (χ2n) is 6.18. The summed E-state index contributed by atoms with van der Waals surface area (Å²) in [7, 11) is 0. The van der Waals surface area contributed by atoms with Gasteiger partial charge in [0.15, 0.2) is 4.96 Å². The third-order valence-electron chi connectivity index (χ3n) is 4.53. The normalized spacial score (nSPS) is 15.3. The molecule has 26 heavy (non-hydrogen) atoms. The molecule has 6 nitrogen and oxygen atoms in total. The van der Waals surface area contributed by atoms with Crippen LogP contribution < -0.4 is 10.5 Å². The Labute approximate surface area is 153 Å². The van der Waals surface area contributed by atoms with E-state index in [-0.39, 0.29) is 11.4 Å². The average Bonchev–Trinajstić information content (AvgIpc) is 3.11. The Hall–Kier alpha value is -2.76. The Morgan fingerprint density at radius 3 is 2.77 bits per heavy atom. The highest BCUT2D eigenvalue weighted by Gasteiger charge is 2.20. The number of anilines is 1. The predicted molar refractivity (Wildman–Crippen MR) is 97.9 cm³/mol. The molecular formula is C18H16FN5OS. The standard InChI is InChI=1S/C18H16FN5OS/c19-15-9-13(11-20)1-2-16(15)23-5-3-22(4-6-23)12-14-10-17(25)24-7-8-26-18(24)21-14/h1-2,7-10H,3-6,12H2. The topological polar surface area (TPSA) is 64.6 Å². The van der Waals surface area contributed by atoms with Crippen LogP contribution in [0.3, 0.4) is 0 Å². The number of aromatic nitrogens is 2. The molecule has 1 fully saturated rings. The van der Waals surface area contributed by atoms with Gasteiger partial charge in [-0.25, -0.2) is 9.37 Å². The Bertz CT molecular complexity index is 1050. The zero-order valence-corrected chi connectivity index (χ0v) is 14.7. The van der Waals surface area contributed by atoms with Gasteiger partial charge in [0.1, 0.15) is 5.82 Å². The summed E-state index contributed by atoms with van der Waals surface area (Å²) >= 11 is 1.44. The van der Waals surface area contributed by atoms with E-state index in [1.807, 2.05) is 16.3 Å². The molecule has 4 rings (SSSR count). The molecule has 0 N–H and O–H groups in total. The molecule has 0 amide bonds. The maximum atomic E-state index is 14.2. The van der Waals surface area contributed by atoms with E-state index in [1.165, 1.54) is 17.4 Å². The summed E-state index contributed by atoms with van der Waals surface area (Å²) in [6, 6.07) is 8.10. The summed E-state index contributed by atoms with van der Waals surface area (Å²) in [5.74, 6) is -0.365. The molecule has 0 radical (unpaired) electrons. The van der Waals surface area contributed by atoms with Crippen molar-refractivity contribution in [2.75, 3.05) is 31.1 Å². The van der Waals surface area contributed by atoms with E-state index >= 15 is 0 Å². The third-order valence-corrected chi connectivity index (χ3v) is 5.29. The van der Waals surface area contributed by atoms with Crippen molar-refractivity contribution in [2.24, 2.45) is 0 Å². The first-order valence-corrected chi connectivity index (χ1v) is 9.15. The van der Waals surface area contributed by atoms with Crippen molar-refractivity contribution < 1.29 is 4.39 Å². The van der Waals surface area contributed by atoms with Crippen LogP contribution in [0.15, 0.2) is 40.6 Å². The maximum absolute atomic E-state index is 14.2. The molecule has 3 heterocycles. The van der Waals surface area contributed by atoms with E-state index < -0.39 is 0 Å². The molecule has 0 saturated carbocycles. The highest BCUT2D eigenvalue weighted by atomic mass is 32.1. The van der Waals surface area contributed by atoms with Gasteiger partial charge in [-0.15, -0.1) is 11.3 Å². The summed E-state index contributed by atoms with van der Waals surface area (Å²) < 4.78 is 15.7. The number of fused-ring (bicyclic) bond motifs is 1. The number of hydrogen-bond acceptors (Lipinski definition) is 6. The Morgan fingerprint density at radius 2 is 2.04 bits per heavy atom. The maximum Gasteiger partial charge on any atom is 0.258 e. The van der Waals surface area contributed by atoms with Crippen LogP contribution >= 0.6 is 11.3 Å². The number of hydrogen-bond donors (Lipinski definition) is 0. The first-order chi connectivity index (χ1) is 12.6. The molecule has 0 atom stereocenters. The number of nitriles is 1. The summed E-state index contributed by atoms with van der Waals surface area (Å²) in [5, 5.41) is 10.7. The van der Waals surface area contributed by atoms with Crippen molar-refractivity contribution in [3.63, 3.8) is 0 Å². The number of halogens is 1. The molecule has 8 heteroatoms. The largest absolute Gasteiger partial charge is 0.367 e. The van der Waals surface area contributed by atoms with E-state index in [0.29, 0.717) is 35.8 Å². The lowest BCUT2D eigenvalue weighted by molar-refractivity contribution is 0.246. The lowest BCUT2D eigenvalue weighted by Crippen LogP contribution is -2.46. The van der Waals surface area contributed by atoms with Crippen LogP contribution in [0, 0.1) is 17.1 Å². The fraction of sp³-hybridized carbons (Fsp3) is 0.278. The molecule has 132 valence electrons. The summed E-state index contributed by atoms with van der Waals surface area (Å²) in [4.78, 5) is 21.5. The van der Waals surface area contributed by atoms with E-state index in [4.69, 9.17) is 5.26 Å². The van der Waals surface area contributed by atoms with Crippen LogP contribution in [0.5, 0.6) is 0 Å². The summed E-state index contributed by atoms with van der Waals surface area (Å²) in [6.45, 7) is 3.48. The average molecular weight is 369 g/mol. The molecule has 1 saturated heterocycles. The second kappa shape index (κ2) is 6.86. The Balaban J connectivity index is 1.43. The molecule has 1 aromatic carbocycles.